The summed E-state index contributed by atoms with van der Waals surface area (Å²) in [5.41, 5.74) is -0.0185. The summed E-state index contributed by atoms with van der Waals surface area (Å²) in [6, 6.07) is 2.57. The van der Waals surface area contributed by atoms with Crippen LogP contribution in [0.3, 0.4) is 0 Å². The zero-order chi connectivity index (χ0) is 20.9. The van der Waals surface area contributed by atoms with E-state index in [0.717, 1.165) is 0 Å². The van der Waals surface area contributed by atoms with E-state index in [0.29, 0.717) is 24.9 Å². The number of β-amino-alcohol motifs (C(OH)–C–C–N with tert-alkyl or cyclic N) is 1. The topological polar surface area (TPSA) is 160 Å². The van der Waals surface area contributed by atoms with Crippen molar-refractivity contribution in [3.63, 3.8) is 0 Å². The number of phenols is 1. The van der Waals surface area contributed by atoms with Gasteiger partial charge in [0.1, 0.15) is 23.2 Å². The van der Waals surface area contributed by atoms with Crippen molar-refractivity contribution in [1.29, 1.82) is 0 Å². The summed E-state index contributed by atoms with van der Waals surface area (Å²) in [7, 11) is -1.52. The summed E-state index contributed by atoms with van der Waals surface area (Å²) in [5.74, 6) is -2.64. The van der Waals surface area contributed by atoms with Crippen LogP contribution in [0, 0.1) is 0 Å². The number of amides is 1. The number of aromatic hydroxyl groups is 1. The number of aliphatic hydroxyl groups is 1. The van der Waals surface area contributed by atoms with Gasteiger partial charge in [-0.05, 0) is 30.4 Å². The van der Waals surface area contributed by atoms with Gasteiger partial charge in [0.25, 0.3) is 0 Å². The van der Waals surface area contributed by atoms with Crippen LogP contribution in [0.1, 0.15) is 34.7 Å². The number of ether oxygens (including phenoxy) is 1. The average Bonchev–Trinajstić information content (AvgIpc) is 3.30. The van der Waals surface area contributed by atoms with Crippen molar-refractivity contribution in [1.82, 2.24) is 10.2 Å². The molecule has 2 aliphatic heterocycles. The predicted octanol–water partition coefficient (Wildman–Crippen LogP) is -1.27. The Morgan fingerprint density at radius 3 is 2.48 bits per heavy atom. The van der Waals surface area contributed by atoms with Gasteiger partial charge in [-0.3, -0.25) is 4.79 Å². The molecule has 1 aromatic carbocycles. The zero-order valence-electron chi connectivity index (χ0n) is 15.6. The third-order valence-electron chi connectivity index (χ3n) is 5.87. The maximum atomic E-state index is 12.3. The third-order valence-corrected chi connectivity index (χ3v) is 5.87. The van der Waals surface area contributed by atoms with Crippen molar-refractivity contribution in [2.45, 2.75) is 42.8 Å². The largest absolute Gasteiger partial charge is 0.507 e. The molecule has 10 nitrogen and oxygen atoms in total. The molecule has 0 aromatic heterocycles. The SMILES string of the molecule is O=C(O)c1c(OC2CN(C(=O)[C@H]3C[C@H](O)CN3)C2)ccc([C@H]2C[C@H]2B(O)O)c1O. The first-order chi connectivity index (χ1) is 13.8. The van der Waals surface area contributed by atoms with Crippen molar-refractivity contribution < 1.29 is 39.7 Å². The quantitative estimate of drug-likeness (QED) is 0.317. The normalized spacial score (nSPS) is 28.7. The second-order valence-electron chi connectivity index (χ2n) is 7.93. The van der Waals surface area contributed by atoms with Gasteiger partial charge >= 0.3 is 13.1 Å². The molecule has 6 N–H and O–H groups in total. The van der Waals surface area contributed by atoms with Gasteiger partial charge in [-0.1, -0.05) is 6.07 Å². The first kappa shape index (κ1) is 20.0. The molecule has 0 unspecified atom stereocenters. The molecule has 1 amide bonds. The van der Waals surface area contributed by atoms with Crippen LogP contribution >= 0.6 is 0 Å². The summed E-state index contributed by atoms with van der Waals surface area (Å²) >= 11 is 0. The lowest BCUT2D eigenvalue weighted by atomic mass is 9.81. The number of carboxylic acids is 1. The number of nitrogens with one attached hydrogen (secondary N) is 1. The minimum atomic E-state index is -1.52. The van der Waals surface area contributed by atoms with Crippen LogP contribution in [0.2, 0.25) is 5.82 Å². The molecule has 3 fully saturated rings. The van der Waals surface area contributed by atoms with Crippen LogP contribution in [-0.2, 0) is 4.79 Å². The Morgan fingerprint density at radius 2 is 1.93 bits per heavy atom. The van der Waals surface area contributed by atoms with Crippen molar-refractivity contribution in [2.75, 3.05) is 19.6 Å². The molecule has 3 aliphatic rings. The minimum Gasteiger partial charge on any atom is -0.507 e. The number of nitrogens with zero attached hydrogens (tertiary/aromatic N) is 1. The predicted molar refractivity (Wildman–Crippen MR) is 99.8 cm³/mol. The lowest BCUT2D eigenvalue weighted by molar-refractivity contribution is -0.142. The van der Waals surface area contributed by atoms with Crippen molar-refractivity contribution in [3.05, 3.63) is 23.3 Å². The van der Waals surface area contributed by atoms with E-state index in [9.17, 15) is 35.0 Å². The Morgan fingerprint density at radius 1 is 1.21 bits per heavy atom. The average molecular weight is 406 g/mol. The second kappa shape index (κ2) is 7.49. The van der Waals surface area contributed by atoms with Crippen LogP contribution in [0.4, 0.5) is 0 Å². The van der Waals surface area contributed by atoms with Crippen molar-refractivity contribution >= 4 is 19.0 Å². The fraction of sp³-hybridized carbons (Fsp3) is 0.556. The van der Waals surface area contributed by atoms with Gasteiger partial charge in [0.2, 0.25) is 5.91 Å². The molecule has 11 heteroatoms. The number of aliphatic hydroxyl groups excluding tert-OH is 1. The number of carbonyl (C=O) groups is 2. The number of likely N-dealkylation sites (tertiary alicyclic amines) is 1. The highest BCUT2D eigenvalue weighted by Crippen LogP contribution is 2.56. The zero-order valence-corrected chi connectivity index (χ0v) is 15.6. The van der Waals surface area contributed by atoms with E-state index in [1.54, 1.807) is 4.90 Å². The summed E-state index contributed by atoms with van der Waals surface area (Å²) in [6.45, 7) is 0.957. The number of hydrogen-bond donors (Lipinski definition) is 6. The Balaban J connectivity index is 1.41. The highest BCUT2D eigenvalue weighted by atomic mass is 16.5. The fourth-order valence-corrected chi connectivity index (χ4v) is 4.09. The van der Waals surface area contributed by atoms with Gasteiger partial charge in [0.05, 0.1) is 25.2 Å². The van der Waals surface area contributed by atoms with Gasteiger partial charge in [-0.2, -0.15) is 0 Å². The number of hydrogen-bond acceptors (Lipinski definition) is 8. The van der Waals surface area contributed by atoms with Crippen molar-refractivity contribution in [2.24, 2.45) is 0 Å². The molecule has 1 aliphatic carbocycles. The van der Waals surface area contributed by atoms with Crippen molar-refractivity contribution in [3.8, 4) is 11.5 Å². The lowest BCUT2D eigenvalue weighted by Crippen LogP contribution is -2.59. The fourth-order valence-electron chi connectivity index (χ4n) is 4.09. The monoisotopic (exact) mass is 406 g/mol. The van der Waals surface area contributed by atoms with E-state index in [1.165, 1.54) is 12.1 Å². The Kier molecular flexibility index (Phi) is 5.15. The van der Waals surface area contributed by atoms with Crippen LogP contribution in [0.5, 0.6) is 11.5 Å². The number of carbonyl (C=O) groups excluding carboxylic acids is 1. The minimum absolute atomic E-state index is 0.00649. The molecule has 2 heterocycles. The lowest BCUT2D eigenvalue weighted by Gasteiger charge is -2.40. The number of aromatic carboxylic acids is 1. The highest BCUT2D eigenvalue weighted by Gasteiger charge is 2.48. The van der Waals surface area contributed by atoms with E-state index in [2.05, 4.69) is 5.32 Å². The summed E-state index contributed by atoms with van der Waals surface area (Å²) in [6.07, 6.45) is -0.116. The van der Waals surface area contributed by atoms with Crippen LogP contribution < -0.4 is 10.1 Å². The highest BCUT2D eigenvalue weighted by molar-refractivity contribution is 6.44. The Labute approximate surface area is 166 Å². The van der Waals surface area contributed by atoms with Crippen LogP contribution in [0.15, 0.2) is 12.1 Å². The van der Waals surface area contributed by atoms with Gasteiger partial charge in [-0.15, -0.1) is 0 Å². The maximum absolute atomic E-state index is 12.3. The molecule has 0 spiro atoms. The maximum Gasteiger partial charge on any atom is 0.455 e. The van der Waals surface area contributed by atoms with Crippen LogP contribution in [-0.4, -0.2) is 87.1 Å². The first-order valence-corrected chi connectivity index (χ1v) is 9.58. The number of carboxylic acid groups (broad SMARTS) is 1. The van der Waals surface area contributed by atoms with E-state index in [1.807, 2.05) is 0 Å². The first-order valence-electron chi connectivity index (χ1n) is 9.58. The van der Waals surface area contributed by atoms with Gasteiger partial charge in [0.15, 0.2) is 0 Å². The van der Waals surface area contributed by atoms with E-state index in [4.69, 9.17) is 4.74 Å². The van der Waals surface area contributed by atoms with Gasteiger partial charge in [-0.25, -0.2) is 4.79 Å². The van der Waals surface area contributed by atoms with E-state index in [-0.39, 0.29) is 36.2 Å². The standard InChI is InChI=1S/C18H23BN2O8/c22-8-3-13(20-5-8)17(24)21-6-9(7-21)29-14-2-1-10(11-4-12(11)19(27)28)16(23)15(14)18(25)26/h1-2,8-9,11-13,20,22-23,27-28H,3-7H2,(H,25,26)/t8-,11+,12+,13+/m0/s1. The molecule has 0 radical (unpaired) electrons. The number of rotatable bonds is 6. The molecule has 1 saturated carbocycles. The molecule has 2 saturated heterocycles. The molecule has 0 bridgehead atoms. The molecule has 4 atom stereocenters. The van der Waals surface area contributed by atoms with E-state index < -0.39 is 42.9 Å². The second-order valence-corrected chi connectivity index (χ2v) is 7.93. The molecule has 4 rings (SSSR count). The van der Waals surface area contributed by atoms with Crippen LogP contribution in [0.25, 0.3) is 0 Å². The number of benzene rings is 1. The molecule has 156 valence electrons. The summed E-state index contributed by atoms with van der Waals surface area (Å²) in [4.78, 5) is 25.6. The molecular weight excluding hydrogens is 383 g/mol. The molecule has 29 heavy (non-hydrogen) atoms. The van der Waals surface area contributed by atoms with Gasteiger partial charge in [0, 0.05) is 12.4 Å². The Bertz CT molecular complexity index is 828. The molecular formula is C18H23BN2O8. The molecule has 1 aromatic rings. The third kappa shape index (κ3) is 3.78. The van der Waals surface area contributed by atoms with E-state index >= 15 is 0 Å². The smallest absolute Gasteiger partial charge is 0.455 e. The Hall–Kier alpha value is -2.34. The summed E-state index contributed by atoms with van der Waals surface area (Å²) < 4.78 is 5.71. The van der Waals surface area contributed by atoms with Gasteiger partial charge < -0.3 is 40.3 Å². The summed E-state index contributed by atoms with van der Waals surface area (Å²) in [5, 5.41) is 51.0.